The minimum atomic E-state index is 0.255. The number of nitrogens with two attached hydrogens (primary N) is 1. The van der Waals surface area contributed by atoms with Gasteiger partial charge in [-0.3, -0.25) is 0 Å². The van der Waals surface area contributed by atoms with E-state index in [2.05, 4.69) is 20.9 Å². The molecular weight excluding hydrogens is 246 g/mol. The molecule has 16 heavy (non-hydrogen) atoms. The van der Waals surface area contributed by atoms with Crippen LogP contribution in [0, 0.1) is 0 Å². The van der Waals surface area contributed by atoms with Crippen LogP contribution in [0.25, 0.3) is 0 Å². The molecule has 1 heterocycles. The van der Waals surface area contributed by atoms with Crippen LogP contribution in [-0.4, -0.2) is 22.0 Å². The fourth-order valence-electron chi connectivity index (χ4n) is 1.37. The van der Waals surface area contributed by atoms with Crippen LogP contribution in [0.3, 0.4) is 0 Å². The maximum atomic E-state index is 5.22. The van der Waals surface area contributed by atoms with E-state index in [9.17, 15) is 0 Å². The van der Waals surface area contributed by atoms with Crippen LogP contribution >= 0.6 is 24.0 Å². The van der Waals surface area contributed by atoms with Gasteiger partial charge in [0.15, 0.2) is 0 Å². The highest BCUT2D eigenvalue weighted by Gasteiger charge is 2.30. The summed E-state index contributed by atoms with van der Waals surface area (Å²) in [6.45, 7) is 0. The van der Waals surface area contributed by atoms with Crippen molar-refractivity contribution in [1.29, 1.82) is 0 Å². The lowest BCUT2D eigenvalue weighted by atomic mass is 10.1. The molecule has 2 aliphatic rings. The fraction of sp³-hybridized carbons (Fsp3) is 0.250. The van der Waals surface area contributed by atoms with E-state index >= 15 is 0 Å². The molecule has 0 bridgehead atoms. The number of allylic oxidation sites excluding steroid dienone is 1. The molecule has 0 spiro atoms. The average Bonchev–Trinajstić information content (AvgIpc) is 2.64. The Labute approximate surface area is 102 Å². The van der Waals surface area contributed by atoms with Gasteiger partial charge >= 0.3 is 0 Å². The SMILES string of the molecule is NN=N/N=C/OC1=CC2SC(=S)NC2C=C1. The van der Waals surface area contributed by atoms with Crippen molar-refractivity contribution in [1.82, 2.24) is 5.32 Å². The standard InChI is InChI=1S/C8H9N5OS2/c9-12-13-10-4-14-5-1-2-6-7(3-5)16-8(15)11-6/h1-4,6-7H,(H2,9,13)(H,11,15)/b10-4+. The zero-order valence-electron chi connectivity index (χ0n) is 8.11. The van der Waals surface area contributed by atoms with Crippen molar-refractivity contribution in [2.75, 3.05) is 0 Å². The number of ether oxygens (including phenoxy) is 1. The lowest BCUT2D eigenvalue weighted by molar-refractivity contribution is 0.444. The van der Waals surface area contributed by atoms with E-state index in [1.54, 1.807) is 11.8 Å². The van der Waals surface area contributed by atoms with Gasteiger partial charge in [-0.05, 0) is 17.4 Å². The van der Waals surface area contributed by atoms with E-state index in [0.29, 0.717) is 5.76 Å². The highest BCUT2D eigenvalue weighted by Crippen LogP contribution is 2.29. The predicted octanol–water partition coefficient (Wildman–Crippen LogP) is 1.08. The fourth-order valence-corrected chi connectivity index (χ4v) is 2.80. The summed E-state index contributed by atoms with van der Waals surface area (Å²) in [7, 11) is 0. The Balaban J connectivity index is 1.95. The maximum Gasteiger partial charge on any atom is 0.203 e. The van der Waals surface area contributed by atoms with E-state index in [1.165, 1.54) is 6.40 Å². The number of nitrogens with zero attached hydrogens (tertiary/aromatic N) is 3. The Bertz CT molecular complexity index is 403. The van der Waals surface area contributed by atoms with E-state index < -0.39 is 0 Å². The van der Waals surface area contributed by atoms with E-state index in [-0.39, 0.29) is 11.3 Å². The predicted molar refractivity (Wildman–Crippen MR) is 66.7 cm³/mol. The summed E-state index contributed by atoms with van der Waals surface area (Å²) < 4.78 is 6.03. The molecule has 1 aliphatic heterocycles. The zero-order valence-corrected chi connectivity index (χ0v) is 9.74. The average molecular weight is 255 g/mol. The van der Waals surface area contributed by atoms with Crippen molar-refractivity contribution in [2.45, 2.75) is 11.3 Å². The number of hydrogen-bond donors (Lipinski definition) is 2. The third-order valence-corrected chi connectivity index (χ3v) is 3.46. The second kappa shape index (κ2) is 5.08. The van der Waals surface area contributed by atoms with Gasteiger partial charge in [0, 0.05) is 0 Å². The molecule has 6 nitrogen and oxygen atoms in total. The van der Waals surface area contributed by atoms with Gasteiger partial charge in [0.25, 0.3) is 0 Å². The van der Waals surface area contributed by atoms with Crippen LogP contribution in [0.1, 0.15) is 0 Å². The van der Waals surface area contributed by atoms with Crippen LogP contribution in [0.2, 0.25) is 0 Å². The molecule has 84 valence electrons. The highest BCUT2D eigenvalue weighted by molar-refractivity contribution is 8.23. The molecule has 0 aromatic heterocycles. The number of fused-ring (bicyclic) bond motifs is 1. The largest absolute Gasteiger partial charge is 0.444 e. The van der Waals surface area contributed by atoms with Crippen molar-refractivity contribution in [2.24, 2.45) is 21.4 Å². The molecule has 1 aliphatic carbocycles. The topological polar surface area (TPSA) is 84.4 Å². The summed E-state index contributed by atoms with van der Waals surface area (Å²) in [5.74, 6) is 5.47. The van der Waals surface area contributed by atoms with Gasteiger partial charge in [-0.25, -0.2) is 0 Å². The van der Waals surface area contributed by atoms with Gasteiger partial charge in [-0.1, -0.05) is 40.4 Å². The second-order valence-electron chi connectivity index (χ2n) is 3.01. The molecule has 0 saturated carbocycles. The number of thiocarbonyl (C=S) groups is 1. The molecule has 0 radical (unpaired) electrons. The van der Waals surface area contributed by atoms with E-state index in [1.807, 2.05) is 18.2 Å². The first-order valence-corrected chi connectivity index (χ1v) is 5.74. The highest BCUT2D eigenvalue weighted by atomic mass is 32.2. The third-order valence-electron chi connectivity index (χ3n) is 2.02. The molecule has 2 rings (SSSR count). The summed E-state index contributed by atoms with van der Waals surface area (Å²) in [5, 5.41) is 13.1. The molecule has 2 atom stereocenters. The van der Waals surface area contributed by atoms with Gasteiger partial charge in [0.05, 0.1) is 11.3 Å². The van der Waals surface area contributed by atoms with Crippen molar-refractivity contribution in [3.8, 4) is 0 Å². The first-order valence-electron chi connectivity index (χ1n) is 4.45. The molecule has 3 N–H and O–H groups in total. The summed E-state index contributed by atoms with van der Waals surface area (Å²) in [6, 6.07) is 0.255. The third kappa shape index (κ3) is 2.58. The van der Waals surface area contributed by atoms with E-state index in [4.69, 9.17) is 22.8 Å². The Morgan fingerprint density at radius 3 is 3.31 bits per heavy atom. The number of hydrogen-bond acceptors (Lipinski definition) is 5. The first kappa shape index (κ1) is 11.1. The summed E-state index contributed by atoms with van der Waals surface area (Å²) in [5.41, 5.74) is 0. The van der Waals surface area contributed by atoms with Crippen molar-refractivity contribution < 1.29 is 4.74 Å². The van der Waals surface area contributed by atoms with Gasteiger partial charge in [0.2, 0.25) is 6.40 Å². The second-order valence-corrected chi connectivity index (χ2v) is 4.87. The number of nitrogens with one attached hydrogen (secondary N) is 1. The van der Waals surface area contributed by atoms with Crippen LogP contribution in [-0.2, 0) is 4.74 Å². The van der Waals surface area contributed by atoms with Crippen LogP contribution < -0.4 is 11.2 Å². The molecule has 0 amide bonds. The number of thioether (sulfide) groups is 1. The normalized spacial score (nSPS) is 28.2. The Kier molecular flexibility index (Phi) is 3.52. The van der Waals surface area contributed by atoms with E-state index in [0.717, 1.165) is 4.32 Å². The molecule has 1 saturated heterocycles. The van der Waals surface area contributed by atoms with Gasteiger partial charge in [0.1, 0.15) is 10.1 Å². The van der Waals surface area contributed by atoms with Gasteiger partial charge < -0.3 is 15.9 Å². The Morgan fingerprint density at radius 2 is 2.50 bits per heavy atom. The van der Waals surface area contributed by atoms with Gasteiger partial charge in [-0.2, -0.15) is 0 Å². The minimum Gasteiger partial charge on any atom is -0.444 e. The van der Waals surface area contributed by atoms with Gasteiger partial charge in [-0.15, -0.1) is 0 Å². The molecule has 1 fully saturated rings. The van der Waals surface area contributed by atoms with Crippen LogP contribution in [0.15, 0.2) is 39.5 Å². The van der Waals surface area contributed by atoms with Crippen molar-refractivity contribution in [3.63, 3.8) is 0 Å². The quantitative estimate of drug-likeness (QED) is 0.197. The Hall–Kier alpha value is -1.41. The monoisotopic (exact) mass is 255 g/mol. The molecule has 8 heteroatoms. The van der Waals surface area contributed by atoms with Crippen LogP contribution in [0.4, 0.5) is 0 Å². The molecule has 2 unspecified atom stereocenters. The summed E-state index contributed by atoms with van der Waals surface area (Å²) in [6.07, 6.45) is 7.02. The lowest BCUT2D eigenvalue weighted by Gasteiger charge is -2.15. The lowest BCUT2D eigenvalue weighted by Crippen LogP contribution is -2.29. The maximum absolute atomic E-state index is 5.22. The minimum absolute atomic E-state index is 0.255. The van der Waals surface area contributed by atoms with Crippen LogP contribution in [0.5, 0.6) is 0 Å². The smallest absolute Gasteiger partial charge is 0.203 e. The summed E-state index contributed by atoms with van der Waals surface area (Å²) >= 11 is 6.68. The number of rotatable bonds is 3. The van der Waals surface area contributed by atoms with Crippen molar-refractivity contribution in [3.05, 3.63) is 24.0 Å². The molecule has 0 aromatic carbocycles. The first-order chi connectivity index (χ1) is 7.79. The Morgan fingerprint density at radius 1 is 1.62 bits per heavy atom. The van der Waals surface area contributed by atoms with Crippen molar-refractivity contribution >= 4 is 34.7 Å². The molecule has 0 aromatic rings. The molecular formula is C8H9N5OS2. The summed E-state index contributed by atoms with van der Waals surface area (Å²) in [4.78, 5) is 0. The zero-order chi connectivity index (χ0) is 11.4.